The van der Waals surface area contributed by atoms with E-state index >= 15 is 0 Å². The topological polar surface area (TPSA) is 79.8 Å². The van der Waals surface area contributed by atoms with Crippen LogP contribution in [-0.2, 0) is 12.0 Å². The summed E-state index contributed by atoms with van der Waals surface area (Å²) < 4.78 is 0. The largest absolute Gasteiger partial charge is 0.364 e. The van der Waals surface area contributed by atoms with Crippen molar-refractivity contribution in [2.45, 2.75) is 39.7 Å². The number of carbonyl (C=O) groups is 1. The number of anilines is 2. The quantitative estimate of drug-likeness (QED) is 0.693. The van der Waals surface area contributed by atoms with Crippen LogP contribution < -0.4 is 10.6 Å². The molecule has 2 heterocycles. The smallest absolute Gasteiger partial charge is 0.274 e. The molecule has 0 radical (unpaired) electrons. The Morgan fingerprint density at radius 3 is 2.43 bits per heavy atom. The Morgan fingerprint density at radius 1 is 1.04 bits per heavy atom. The highest BCUT2D eigenvalue weighted by atomic mass is 16.1. The third kappa shape index (κ3) is 5.13. The van der Waals surface area contributed by atoms with Crippen molar-refractivity contribution in [1.29, 1.82) is 0 Å². The number of nitrogens with zero attached hydrogens (tertiary/aromatic N) is 3. The molecule has 6 nitrogen and oxygen atoms in total. The fourth-order valence-corrected chi connectivity index (χ4v) is 2.71. The summed E-state index contributed by atoms with van der Waals surface area (Å²) in [5.74, 6) is 0.848. The maximum Gasteiger partial charge on any atom is 0.274 e. The van der Waals surface area contributed by atoms with Gasteiger partial charge in [-0.05, 0) is 42.2 Å². The van der Waals surface area contributed by atoms with E-state index in [0.717, 1.165) is 11.4 Å². The van der Waals surface area contributed by atoms with Crippen LogP contribution >= 0.6 is 0 Å². The highest BCUT2D eigenvalue weighted by molar-refractivity contribution is 6.03. The van der Waals surface area contributed by atoms with Crippen LogP contribution in [0.4, 0.5) is 11.5 Å². The van der Waals surface area contributed by atoms with Gasteiger partial charge >= 0.3 is 0 Å². The predicted molar refractivity (Wildman–Crippen MR) is 111 cm³/mol. The van der Waals surface area contributed by atoms with Gasteiger partial charge in [-0.15, -0.1) is 0 Å². The maximum atomic E-state index is 12.6. The second-order valence-electron chi connectivity index (χ2n) is 7.64. The summed E-state index contributed by atoms with van der Waals surface area (Å²) in [6.07, 6.45) is 1.74. The Labute approximate surface area is 165 Å². The standard InChI is InChI=1S/C22H25N5O/c1-15-25-19(13-20(26-15)24-14-18-7-5-6-12-23-18)21(28)27-17-10-8-16(9-11-17)22(2,3)4/h5-13H,14H2,1-4H3,(H,27,28)(H,24,25,26). The molecule has 1 amide bonds. The lowest BCUT2D eigenvalue weighted by Crippen LogP contribution is -2.16. The molecule has 28 heavy (non-hydrogen) atoms. The molecule has 3 aromatic rings. The first kappa shape index (κ1) is 19.5. The van der Waals surface area contributed by atoms with Crippen molar-refractivity contribution in [3.8, 4) is 0 Å². The van der Waals surface area contributed by atoms with Gasteiger partial charge in [0.1, 0.15) is 17.3 Å². The molecule has 0 atom stereocenters. The fourth-order valence-electron chi connectivity index (χ4n) is 2.71. The summed E-state index contributed by atoms with van der Waals surface area (Å²) >= 11 is 0. The highest BCUT2D eigenvalue weighted by Gasteiger charge is 2.14. The van der Waals surface area contributed by atoms with Gasteiger partial charge in [-0.2, -0.15) is 0 Å². The molecule has 0 aliphatic rings. The second kappa shape index (κ2) is 8.17. The highest BCUT2D eigenvalue weighted by Crippen LogP contribution is 2.23. The van der Waals surface area contributed by atoms with Crippen LogP contribution in [0.2, 0.25) is 0 Å². The first-order valence-corrected chi connectivity index (χ1v) is 9.22. The minimum Gasteiger partial charge on any atom is -0.364 e. The summed E-state index contributed by atoms with van der Waals surface area (Å²) in [5.41, 5.74) is 3.22. The van der Waals surface area contributed by atoms with Gasteiger partial charge in [-0.3, -0.25) is 9.78 Å². The number of pyridine rings is 1. The molecule has 1 aromatic carbocycles. The number of benzene rings is 1. The summed E-state index contributed by atoms with van der Waals surface area (Å²) in [4.78, 5) is 25.5. The minimum atomic E-state index is -0.269. The number of carbonyl (C=O) groups excluding carboxylic acids is 1. The SMILES string of the molecule is Cc1nc(NCc2ccccn2)cc(C(=O)Nc2ccc(C(C)(C)C)cc2)n1. The van der Waals surface area contributed by atoms with Crippen LogP contribution in [-0.4, -0.2) is 20.9 Å². The van der Waals surface area contributed by atoms with E-state index in [0.29, 0.717) is 23.9 Å². The van der Waals surface area contributed by atoms with Crippen LogP contribution in [0.1, 0.15) is 48.3 Å². The molecule has 144 valence electrons. The number of aryl methyl sites for hydroxylation is 1. The van der Waals surface area contributed by atoms with Crippen LogP contribution in [0.5, 0.6) is 0 Å². The molecule has 0 aliphatic carbocycles. The van der Waals surface area contributed by atoms with E-state index in [1.807, 2.05) is 42.5 Å². The van der Waals surface area contributed by atoms with Crippen LogP contribution in [0, 0.1) is 6.92 Å². The Morgan fingerprint density at radius 2 is 1.79 bits per heavy atom. The van der Waals surface area contributed by atoms with Gasteiger partial charge in [0.05, 0.1) is 12.2 Å². The lowest BCUT2D eigenvalue weighted by molar-refractivity contribution is 0.102. The van der Waals surface area contributed by atoms with Crippen molar-refractivity contribution in [3.05, 3.63) is 77.5 Å². The van der Waals surface area contributed by atoms with Crippen molar-refractivity contribution < 1.29 is 4.79 Å². The number of aromatic nitrogens is 3. The van der Waals surface area contributed by atoms with Crippen LogP contribution in [0.25, 0.3) is 0 Å². The third-order valence-electron chi connectivity index (χ3n) is 4.26. The molecule has 3 rings (SSSR count). The molecule has 0 fully saturated rings. The lowest BCUT2D eigenvalue weighted by Gasteiger charge is -2.19. The maximum absolute atomic E-state index is 12.6. The lowest BCUT2D eigenvalue weighted by atomic mass is 9.87. The van der Waals surface area contributed by atoms with E-state index in [4.69, 9.17) is 0 Å². The minimum absolute atomic E-state index is 0.0699. The monoisotopic (exact) mass is 375 g/mol. The fraction of sp³-hybridized carbons (Fsp3) is 0.273. The number of hydrogen-bond acceptors (Lipinski definition) is 5. The second-order valence-corrected chi connectivity index (χ2v) is 7.64. The molecule has 0 spiro atoms. The first-order valence-electron chi connectivity index (χ1n) is 9.22. The molecule has 2 aromatic heterocycles. The number of nitrogens with one attached hydrogen (secondary N) is 2. The summed E-state index contributed by atoms with van der Waals surface area (Å²) in [6, 6.07) is 15.2. The van der Waals surface area contributed by atoms with E-state index in [1.54, 1.807) is 19.2 Å². The van der Waals surface area contributed by atoms with Gasteiger partial charge in [0, 0.05) is 18.0 Å². The summed E-state index contributed by atoms with van der Waals surface area (Å²) in [5, 5.41) is 6.09. The van der Waals surface area contributed by atoms with Gasteiger partial charge in [0.15, 0.2) is 0 Å². The van der Waals surface area contributed by atoms with Crippen molar-refractivity contribution >= 4 is 17.4 Å². The summed E-state index contributed by atoms with van der Waals surface area (Å²) in [7, 11) is 0. The average molecular weight is 375 g/mol. The third-order valence-corrected chi connectivity index (χ3v) is 4.26. The Bertz CT molecular complexity index is 947. The van der Waals surface area contributed by atoms with Crippen molar-refractivity contribution in [3.63, 3.8) is 0 Å². The average Bonchev–Trinajstić information content (AvgIpc) is 2.66. The Hall–Kier alpha value is -3.28. The Balaban J connectivity index is 1.70. The zero-order valence-corrected chi connectivity index (χ0v) is 16.7. The van der Waals surface area contributed by atoms with E-state index in [9.17, 15) is 4.79 Å². The zero-order valence-electron chi connectivity index (χ0n) is 16.7. The predicted octanol–water partition coefficient (Wildman–Crippen LogP) is 4.34. The van der Waals surface area contributed by atoms with Crippen molar-refractivity contribution in [2.24, 2.45) is 0 Å². The van der Waals surface area contributed by atoms with Crippen molar-refractivity contribution in [1.82, 2.24) is 15.0 Å². The molecule has 0 unspecified atom stereocenters. The van der Waals surface area contributed by atoms with Crippen LogP contribution in [0.3, 0.4) is 0 Å². The van der Waals surface area contributed by atoms with Gasteiger partial charge in [-0.1, -0.05) is 39.0 Å². The molecular weight excluding hydrogens is 350 g/mol. The molecule has 0 bridgehead atoms. The van der Waals surface area contributed by atoms with Crippen molar-refractivity contribution in [2.75, 3.05) is 10.6 Å². The Kier molecular flexibility index (Phi) is 5.68. The van der Waals surface area contributed by atoms with Gasteiger partial charge in [-0.25, -0.2) is 9.97 Å². The van der Waals surface area contributed by atoms with E-state index in [-0.39, 0.29) is 11.3 Å². The number of hydrogen-bond donors (Lipinski definition) is 2. The van der Waals surface area contributed by atoms with E-state index < -0.39 is 0 Å². The van der Waals surface area contributed by atoms with E-state index in [1.165, 1.54) is 5.56 Å². The summed E-state index contributed by atoms with van der Waals surface area (Å²) in [6.45, 7) is 8.75. The molecule has 2 N–H and O–H groups in total. The normalized spacial score (nSPS) is 11.1. The number of amides is 1. The molecule has 0 saturated carbocycles. The van der Waals surface area contributed by atoms with Gasteiger partial charge in [0.25, 0.3) is 5.91 Å². The van der Waals surface area contributed by atoms with E-state index in [2.05, 4.69) is 46.4 Å². The molecule has 0 aliphatic heterocycles. The van der Waals surface area contributed by atoms with Gasteiger partial charge < -0.3 is 10.6 Å². The molecule has 6 heteroatoms. The molecule has 0 saturated heterocycles. The molecular formula is C22H25N5O. The van der Waals surface area contributed by atoms with Gasteiger partial charge in [0.2, 0.25) is 0 Å². The number of rotatable bonds is 5. The first-order chi connectivity index (χ1) is 13.3. The zero-order chi connectivity index (χ0) is 20.1. The van der Waals surface area contributed by atoms with Crippen LogP contribution in [0.15, 0.2) is 54.7 Å².